The van der Waals surface area contributed by atoms with Gasteiger partial charge in [0.2, 0.25) is 6.54 Å². The fourth-order valence-electron chi connectivity index (χ4n) is 2.26. The highest BCUT2D eigenvalue weighted by atomic mass is 32.2. The summed E-state index contributed by atoms with van der Waals surface area (Å²) in [5.74, 6) is 0.103. The first-order valence-electron chi connectivity index (χ1n) is 6.33. The van der Waals surface area contributed by atoms with Gasteiger partial charge in [-0.15, -0.1) is 0 Å². The molecule has 6 heteroatoms. The summed E-state index contributed by atoms with van der Waals surface area (Å²) in [6.45, 7) is 4.18. The van der Waals surface area contributed by atoms with E-state index in [9.17, 15) is 13.2 Å². The van der Waals surface area contributed by atoms with E-state index in [1.54, 1.807) is 0 Å². The summed E-state index contributed by atoms with van der Waals surface area (Å²) in [7, 11) is -2.95. The minimum absolute atomic E-state index is 0.0657. The van der Waals surface area contributed by atoms with Crippen molar-refractivity contribution < 1.29 is 17.8 Å². The van der Waals surface area contributed by atoms with E-state index in [0.29, 0.717) is 6.42 Å². The fraction of sp³-hybridized carbons (Fsp3) is 0.538. The zero-order chi connectivity index (χ0) is 14.0. The summed E-state index contributed by atoms with van der Waals surface area (Å²) < 4.78 is 24.5. The quantitative estimate of drug-likeness (QED) is 0.787. The van der Waals surface area contributed by atoms with Gasteiger partial charge in [0, 0.05) is 24.6 Å². The smallest absolute Gasteiger partial charge is 0.286 e. The molecule has 0 aliphatic carbocycles. The predicted octanol–water partition coefficient (Wildman–Crippen LogP) is -0.106. The molecule has 2 heterocycles. The van der Waals surface area contributed by atoms with E-state index in [0.717, 1.165) is 11.3 Å². The molecule has 1 aromatic heterocycles. The summed E-state index contributed by atoms with van der Waals surface area (Å²) in [5.41, 5.74) is 2.16. The first kappa shape index (κ1) is 14.0. The van der Waals surface area contributed by atoms with Crippen LogP contribution in [0.25, 0.3) is 0 Å². The standard InChI is InChI=1S/C13H18N2O3S/c1-10-4-3-6-15(11(10)2)8-13(16)14-12-5-7-19(17,18)9-12/h3-4,6,12H,5,7-9H2,1-2H3/p+1/t12-/m1/s1. The van der Waals surface area contributed by atoms with E-state index in [-0.39, 0.29) is 30.0 Å². The molecule has 2 rings (SSSR count). The van der Waals surface area contributed by atoms with Crippen molar-refractivity contribution >= 4 is 15.7 Å². The van der Waals surface area contributed by atoms with Crippen LogP contribution in [0.2, 0.25) is 0 Å². The molecule has 0 unspecified atom stereocenters. The maximum Gasteiger partial charge on any atom is 0.286 e. The van der Waals surface area contributed by atoms with Gasteiger partial charge in [-0.25, -0.2) is 8.42 Å². The van der Waals surface area contributed by atoms with Gasteiger partial charge < -0.3 is 5.32 Å². The SMILES string of the molecule is Cc1ccc[n+](CC(=O)N[C@@H]2CCS(=O)(=O)C2)c1C. The molecule has 0 radical (unpaired) electrons. The first-order valence-corrected chi connectivity index (χ1v) is 8.15. The highest BCUT2D eigenvalue weighted by Crippen LogP contribution is 2.10. The summed E-state index contributed by atoms with van der Waals surface area (Å²) in [6.07, 6.45) is 2.37. The largest absolute Gasteiger partial charge is 0.347 e. The molecule has 1 saturated heterocycles. The highest BCUT2D eigenvalue weighted by Gasteiger charge is 2.29. The van der Waals surface area contributed by atoms with Crippen LogP contribution in [0.5, 0.6) is 0 Å². The number of nitrogens with zero attached hydrogens (tertiary/aromatic N) is 1. The zero-order valence-electron chi connectivity index (χ0n) is 11.2. The van der Waals surface area contributed by atoms with Gasteiger partial charge in [-0.3, -0.25) is 4.79 Å². The number of hydrogen-bond acceptors (Lipinski definition) is 3. The molecule has 1 N–H and O–H groups in total. The average molecular weight is 283 g/mol. The van der Waals surface area contributed by atoms with Gasteiger partial charge in [0.05, 0.1) is 11.5 Å². The number of amides is 1. The molecule has 1 atom stereocenters. The Morgan fingerprint density at radius 2 is 2.21 bits per heavy atom. The second-order valence-electron chi connectivity index (χ2n) is 5.07. The van der Waals surface area contributed by atoms with Gasteiger partial charge in [-0.1, -0.05) is 0 Å². The van der Waals surface area contributed by atoms with Crippen LogP contribution < -0.4 is 9.88 Å². The fourth-order valence-corrected chi connectivity index (χ4v) is 3.93. The van der Waals surface area contributed by atoms with E-state index in [1.807, 2.05) is 36.7 Å². The van der Waals surface area contributed by atoms with Crippen molar-refractivity contribution in [3.05, 3.63) is 29.6 Å². The third kappa shape index (κ3) is 3.53. The van der Waals surface area contributed by atoms with E-state index >= 15 is 0 Å². The Morgan fingerprint density at radius 3 is 2.84 bits per heavy atom. The maximum absolute atomic E-state index is 11.9. The lowest BCUT2D eigenvalue weighted by Crippen LogP contribution is -2.47. The van der Waals surface area contributed by atoms with Crippen LogP contribution in [0, 0.1) is 13.8 Å². The lowest BCUT2D eigenvalue weighted by Gasteiger charge is -2.09. The number of pyridine rings is 1. The molecule has 19 heavy (non-hydrogen) atoms. The van der Waals surface area contributed by atoms with Crippen molar-refractivity contribution in [1.82, 2.24) is 5.32 Å². The Morgan fingerprint density at radius 1 is 1.47 bits per heavy atom. The Bertz CT molecular complexity index is 596. The van der Waals surface area contributed by atoms with Crippen LogP contribution in [0.3, 0.4) is 0 Å². The number of sulfone groups is 1. The molecule has 1 amide bonds. The minimum Gasteiger partial charge on any atom is -0.347 e. The van der Waals surface area contributed by atoms with E-state index in [4.69, 9.17) is 0 Å². The van der Waals surface area contributed by atoms with E-state index < -0.39 is 9.84 Å². The molecular formula is C13H19N2O3S+. The topological polar surface area (TPSA) is 67.1 Å². The average Bonchev–Trinajstić information content (AvgIpc) is 2.64. The van der Waals surface area contributed by atoms with Crippen LogP contribution in [0.15, 0.2) is 18.3 Å². The summed E-state index contributed by atoms with van der Waals surface area (Å²) in [4.78, 5) is 11.9. The number of nitrogens with one attached hydrogen (secondary N) is 1. The summed E-state index contributed by atoms with van der Waals surface area (Å²) in [6, 6.07) is 3.66. The molecule has 0 saturated carbocycles. The normalized spacial score (nSPS) is 21.3. The van der Waals surface area contributed by atoms with Crippen molar-refractivity contribution in [1.29, 1.82) is 0 Å². The lowest BCUT2D eigenvalue weighted by molar-refractivity contribution is -0.690. The van der Waals surface area contributed by atoms with Crippen LogP contribution in [0.1, 0.15) is 17.7 Å². The lowest BCUT2D eigenvalue weighted by atomic mass is 10.2. The molecule has 1 aromatic rings. The van der Waals surface area contributed by atoms with E-state index in [2.05, 4.69) is 5.32 Å². The van der Waals surface area contributed by atoms with Crippen molar-refractivity contribution in [2.75, 3.05) is 11.5 Å². The van der Waals surface area contributed by atoms with Gasteiger partial charge >= 0.3 is 0 Å². The van der Waals surface area contributed by atoms with Crippen molar-refractivity contribution in [2.45, 2.75) is 32.9 Å². The third-order valence-corrected chi connectivity index (χ3v) is 5.29. The monoisotopic (exact) mass is 283 g/mol. The first-order chi connectivity index (χ1) is 8.87. The molecular weight excluding hydrogens is 264 g/mol. The van der Waals surface area contributed by atoms with Crippen molar-refractivity contribution in [3.63, 3.8) is 0 Å². The van der Waals surface area contributed by atoms with Gasteiger partial charge in [0.15, 0.2) is 21.7 Å². The minimum atomic E-state index is -2.95. The Balaban J connectivity index is 1.97. The van der Waals surface area contributed by atoms with Gasteiger partial charge in [-0.05, 0) is 19.4 Å². The molecule has 0 spiro atoms. The molecule has 0 aromatic carbocycles. The maximum atomic E-state index is 11.9. The molecule has 1 aliphatic rings. The molecule has 1 aliphatic heterocycles. The summed E-state index contributed by atoms with van der Waals surface area (Å²) in [5, 5.41) is 2.79. The third-order valence-electron chi connectivity index (χ3n) is 3.53. The number of aryl methyl sites for hydroxylation is 1. The molecule has 0 bridgehead atoms. The van der Waals surface area contributed by atoms with Gasteiger partial charge in [0.1, 0.15) is 0 Å². The van der Waals surface area contributed by atoms with Crippen molar-refractivity contribution in [3.8, 4) is 0 Å². The van der Waals surface area contributed by atoms with Gasteiger partial charge in [-0.2, -0.15) is 4.57 Å². The second-order valence-corrected chi connectivity index (χ2v) is 7.30. The predicted molar refractivity (Wildman–Crippen MR) is 71.3 cm³/mol. The van der Waals surface area contributed by atoms with Crippen LogP contribution in [-0.2, 0) is 21.2 Å². The number of carbonyl (C=O) groups excluding carboxylic acids is 1. The van der Waals surface area contributed by atoms with E-state index in [1.165, 1.54) is 0 Å². The number of hydrogen-bond donors (Lipinski definition) is 1. The summed E-state index contributed by atoms with van der Waals surface area (Å²) >= 11 is 0. The Labute approximate surface area is 113 Å². The number of rotatable bonds is 3. The molecule has 104 valence electrons. The number of carbonyl (C=O) groups is 1. The van der Waals surface area contributed by atoms with Crippen LogP contribution in [-0.4, -0.2) is 31.9 Å². The Hall–Kier alpha value is -1.43. The molecule has 1 fully saturated rings. The van der Waals surface area contributed by atoms with Crippen LogP contribution >= 0.6 is 0 Å². The van der Waals surface area contributed by atoms with Crippen LogP contribution in [0.4, 0.5) is 0 Å². The van der Waals surface area contributed by atoms with Crippen molar-refractivity contribution in [2.24, 2.45) is 0 Å². The Kier molecular flexibility index (Phi) is 3.89. The number of aromatic nitrogens is 1. The zero-order valence-corrected chi connectivity index (χ0v) is 12.0. The highest BCUT2D eigenvalue weighted by molar-refractivity contribution is 7.91. The van der Waals surface area contributed by atoms with Gasteiger partial charge in [0.25, 0.3) is 5.91 Å². The molecule has 5 nitrogen and oxygen atoms in total. The second kappa shape index (κ2) is 5.28.